The number of aromatic nitrogens is 27. The number of benzene rings is 4. The van der Waals surface area contributed by atoms with Crippen LogP contribution in [0.5, 0.6) is 0 Å². The molecule has 0 saturated heterocycles. The normalized spacial score (nSPS) is 8.70. The number of nitrogens with zero attached hydrogens (tertiary/aromatic N) is 21. The zero-order chi connectivity index (χ0) is 91.3. The van der Waals surface area contributed by atoms with Crippen LogP contribution in [0.3, 0.4) is 0 Å². The van der Waals surface area contributed by atoms with Gasteiger partial charge in [-0.3, -0.25) is 40.0 Å². The fourth-order valence-corrected chi connectivity index (χ4v) is 11.8. The van der Waals surface area contributed by atoms with Crippen molar-refractivity contribution >= 4 is 121 Å². The van der Waals surface area contributed by atoms with Gasteiger partial charge >= 0.3 is 0 Å². The van der Waals surface area contributed by atoms with Gasteiger partial charge in [0, 0.05) is 185 Å². The minimum atomic E-state index is 0. The lowest BCUT2D eigenvalue weighted by molar-refractivity contribution is 0.420. The van der Waals surface area contributed by atoms with Gasteiger partial charge in [-0.1, -0.05) is 97.5 Å². The Morgan fingerprint density at radius 1 is 0.265 bits per heavy atom. The number of aromatic amines is 6. The van der Waals surface area contributed by atoms with Crippen LogP contribution < -0.4 is 0 Å². The Morgan fingerprint density at radius 3 is 1.16 bits per heavy atom. The second kappa shape index (κ2) is 81.0. The van der Waals surface area contributed by atoms with Crippen molar-refractivity contribution < 1.29 is 13.4 Å². The van der Waals surface area contributed by atoms with Crippen molar-refractivity contribution in [1.29, 1.82) is 0 Å². The predicted molar refractivity (Wildman–Crippen MR) is 533 cm³/mol. The molecule has 0 fully saturated rings. The van der Waals surface area contributed by atoms with E-state index in [4.69, 9.17) is 0 Å². The maximum Gasteiger partial charge on any atom is 0.180 e. The number of hydrogen-bond acceptors (Lipinski definition) is 30. The average Bonchev–Trinajstić information content (AvgIpc) is 1.87. The van der Waals surface area contributed by atoms with E-state index in [0.717, 1.165) is 22.1 Å². The lowest BCUT2D eigenvalue weighted by Crippen LogP contribution is -1.78. The van der Waals surface area contributed by atoms with Gasteiger partial charge in [0.25, 0.3) is 0 Å². The molecule has 0 bridgehead atoms. The van der Waals surface area contributed by atoms with Crippen molar-refractivity contribution in [3.8, 4) is 0 Å². The van der Waals surface area contributed by atoms with Gasteiger partial charge in [0.05, 0.1) is 77.5 Å². The molecule has 0 spiro atoms. The third-order valence-corrected chi connectivity index (χ3v) is 18.0. The number of fused-ring (bicyclic) bond motifs is 5. The van der Waals surface area contributed by atoms with Crippen molar-refractivity contribution in [3.63, 3.8) is 0 Å². The third-order valence-electron chi connectivity index (χ3n) is 13.5. The van der Waals surface area contributed by atoms with Crippen LogP contribution in [0.15, 0.2) is 530 Å². The van der Waals surface area contributed by atoms with Crippen LogP contribution >= 0.6 is 68.2 Å². The quantitative estimate of drug-likeness (QED) is 0.0821. The van der Waals surface area contributed by atoms with Crippen molar-refractivity contribution in [2.45, 2.75) is 7.43 Å². The standard InChI is InChI=1S/C8H6N2.C8H7N.C8H6S.C7H6N2.C6H4S2.2C5H5N.4C4H4N2.C4H5N.C4H4O.C4H4S.2C3H4N2.2C3H3NO.2C3H3NS.C2H3N3.CH4/c1-2-4-8-7(3-1)9-5-6-10-8;2*1-2-4-8-7(3-1)5-6-9-8;1-2-4-7-6(3-1)8-5-9-7;1-3-7-6-2-4-8-5(1)6;2*1-2-4-6-5-3-1;1-2-6-4-3-5-1;3*1-2-5-4-6-3-1;3*1-2-4-5-3-1;1-2-5-3-4-1;1-2-4-5-3-1;1-2-5-3-4-1;1-2-4-5-3-1;1-2-5-3-4-1;2*1-2-4-5-3-1;/h1-6H;1-6,9H;1-6H;1-5H,(H,8,9);1-4H;2*1-5H;4*1-4H;1-5H;2*1-4H;2*1-3H,(H,4,5);4*1-3H;1-2H,(H,3,4,5);1H4. The van der Waals surface area contributed by atoms with Gasteiger partial charge in [-0.2, -0.15) is 31.8 Å². The summed E-state index contributed by atoms with van der Waals surface area (Å²) in [5.41, 5.74) is 7.02. The third kappa shape index (κ3) is 59.7. The summed E-state index contributed by atoms with van der Waals surface area (Å²) >= 11 is 10.2. The van der Waals surface area contributed by atoms with Gasteiger partial charge in [0.15, 0.2) is 6.39 Å². The van der Waals surface area contributed by atoms with Crippen LogP contribution in [-0.2, 0) is 0 Å². The van der Waals surface area contributed by atoms with E-state index in [1.807, 2.05) is 186 Å². The van der Waals surface area contributed by atoms with Crippen LogP contribution in [0.1, 0.15) is 7.43 Å². The maximum atomic E-state index is 4.58. The van der Waals surface area contributed by atoms with Crippen LogP contribution in [0.2, 0.25) is 0 Å². The lowest BCUT2D eigenvalue weighted by Gasteiger charge is -1.90. The summed E-state index contributed by atoms with van der Waals surface area (Å²) in [5, 5.41) is 35.8. The monoisotopic (exact) mass is 1870 g/mol. The van der Waals surface area contributed by atoms with E-state index < -0.39 is 0 Å². The molecule has 0 aliphatic carbocycles. The molecule has 132 heavy (non-hydrogen) atoms. The van der Waals surface area contributed by atoms with Crippen molar-refractivity contribution in [2.75, 3.05) is 0 Å². The number of pyridine rings is 2. The van der Waals surface area contributed by atoms with E-state index in [1.165, 1.54) is 79.8 Å². The second-order valence-corrected chi connectivity index (χ2v) is 27.7. The summed E-state index contributed by atoms with van der Waals surface area (Å²) in [4.78, 5) is 72.1. The minimum Gasteiger partial charge on any atom is -0.473 e. The Kier molecular flexibility index (Phi) is 64.8. The number of H-pyrrole nitrogens is 6. The van der Waals surface area contributed by atoms with Crippen LogP contribution in [0.4, 0.5) is 0 Å². The molecule has 0 radical (unpaired) electrons. The maximum absolute atomic E-state index is 4.58. The van der Waals surface area contributed by atoms with E-state index >= 15 is 0 Å². The molecule has 36 heteroatoms. The summed E-state index contributed by atoms with van der Waals surface area (Å²) in [5.74, 6) is 0. The van der Waals surface area contributed by atoms with Crippen LogP contribution in [0, 0.1) is 0 Å². The highest BCUT2D eigenvalue weighted by atomic mass is 32.1. The summed E-state index contributed by atoms with van der Waals surface area (Å²) in [7, 11) is 0. The van der Waals surface area contributed by atoms with Gasteiger partial charge in [0.2, 0.25) is 0 Å². The van der Waals surface area contributed by atoms with Crippen LogP contribution in [0.25, 0.3) is 52.5 Å². The molecule has 4 aromatic carbocycles. The molecular formula is C96H95N27O3S6. The summed E-state index contributed by atoms with van der Waals surface area (Å²) in [6, 6.07) is 74.7. The highest BCUT2D eigenvalue weighted by Crippen LogP contribution is 2.25. The first-order valence-electron chi connectivity index (χ1n) is 38.7. The van der Waals surface area contributed by atoms with Gasteiger partial charge < -0.3 is 33.3 Å². The molecule has 30 nitrogen and oxygen atoms in total. The number of imidazole rings is 2. The Hall–Kier alpha value is -17.0. The van der Waals surface area contributed by atoms with Gasteiger partial charge in [-0.15, -0.1) is 45.3 Å². The van der Waals surface area contributed by atoms with E-state index in [1.54, 1.807) is 273 Å². The fourth-order valence-electron chi connectivity index (χ4n) is 8.06. The molecule has 0 aliphatic rings. The summed E-state index contributed by atoms with van der Waals surface area (Å²) in [6.07, 6.45) is 65.0. The molecule has 6 N–H and O–H groups in total. The van der Waals surface area contributed by atoms with E-state index in [9.17, 15) is 0 Å². The summed E-state index contributed by atoms with van der Waals surface area (Å²) in [6.45, 7) is 0. The summed E-state index contributed by atoms with van der Waals surface area (Å²) < 4.78 is 21.3. The molecule has 0 aliphatic heterocycles. The van der Waals surface area contributed by atoms with Crippen molar-refractivity contribution in [1.82, 2.24) is 135 Å². The molecule has 0 atom stereocenters. The first-order chi connectivity index (χ1) is 65.3. The molecule has 22 aromatic heterocycles. The number of nitrogens with one attached hydrogen (secondary N) is 6. The Labute approximate surface area is 787 Å². The number of oxazole rings is 1. The van der Waals surface area contributed by atoms with Gasteiger partial charge in [0.1, 0.15) is 31.5 Å². The molecule has 0 amide bonds. The topological polar surface area (TPSA) is 405 Å². The Balaban J connectivity index is 0.000000246. The van der Waals surface area contributed by atoms with Crippen LogP contribution in [-0.4, -0.2) is 135 Å². The first kappa shape index (κ1) is 106. The highest BCUT2D eigenvalue weighted by Gasteiger charge is 1.93. The van der Waals surface area contributed by atoms with E-state index in [-0.39, 0.29) is 7.43 Å². The number of rotatable bonds is 0. The number of hydrogen-bond donors (Lipinski definition) is 6. The molecule has 26 aromatic rings. The zero-order valence-electron chi connectivity index (χ0n) is 70.1. The number of furan rings is 1. The zero-order valence-corrected chi connectivity index (χ0v) is 75.0. The first-order valence-corrected chi connectivity index (χ1v) is 44.1. The molecule has 26 rings (SSSR count). The predicted octanol–water partition coefficient (Wildman–Crippen LogP) is 24.2. The van der Waals surface area contributed by atoms with Crippen molar-refractivity contribution in [3.05, 3.63) is 516 Å². The number of para-hydroxylation sites is 5. The van der Waals surface area contributed by atoms with Crippen molar-refractivity contribution in [2.24, 2.45) is 0 Å². The minimum absolute atomic E-state index is 0. The molecular weight excluding hydrogens is 1770 g/mol. The molecule has 668 valence electrons. The highest BCUT2D eigenvalue weighted by molar-refractivity contribution is 7.25. The molecule has 0 unspecified atom stereocenters. The smallest absolute Gasteiger partial charge is 0.180 e. The Bertz CT molecular complexity index is 4960. The molecule has 0 saturated carbocycles. The van der Waals surface area contributed by atoms with E-state index in [0.29, 0.717) is 0 Å². The van der Waals surface area contributed by atoms with E-state index in [2.05, 4.69) is 225 Å². The second-order valence-electron chi connectivity index (χ2n) is 22.6. The lowest BCUT2D eigenvalue weighted by atomic mass is 10.3. The largest absolute Gasteiger partial charge is 0.473 e. The average molecular weight is 1870 g/mol. The van der Waals surface area contributed by atoms with Gasteiger partial charge in [-0.05, 0) is 195 Å². The number of thiazole rings is 1. The fraction of sp³-hybridized carbons (Fsp3) is 0.0104. The Morgan fingerprint density at radius 2 is 0.833 bits per heavy atom. The van der Waals surface area contributed by atoms with Gasteiger partial charge in [-0.25, -0.2) is 49.2 Å². The SMILES string of the molecule is C.c1c[nH]cn1.c1cc2sccc2s1.c1cc[nH]c1.c1ccc2[nH]ccc2c1.c1ccc2[nH]cnc2c1.c1ccc2nccnc2c1.c1ccc2sccc2c1.c1ccncc1.c1ccncc1.c1ccoc1.c1ccsc1.c1cn[nH]c1.c1cn[nH]n1.c1cnccn1.c1cncnc1.c1cncnc1.c1cncnc1.c1cnoc1.c1cnsc1.c1cocn1.c1cscn1. The molecule has 22 heterocycles. The number of thiophene rings is 4.